The molecule has 19 heteroatoms. The van der Waals surface area contributed by atoms with Crippen LogP contribution in [0.1, 0.15) is 92.9 Å². The summed E-state index contributed by atoms with van der Waals surface area (Å²) in [4.78, 5) is 71.2. The summed E-state index contributed by atoms with van der Waals surface area (Å²) in [6, 6.07) is -2.84. The molecule has 4 aliphatic rings. The van der Waals surface area contributed by atoms with Gasteiger partial charge in [-0.15, -0.1) is 5.10 Å². The van der Waals surface area contributed by atoms with Gasteiger partial charge in [0.05, 0.1) is 28.7 Å². The van der Waals surface area contributed by atoms with Gasteiger partial charge in [-0.1, -0.05) is 45.1 Å². The predicted octanol–water partition coefficient (Wildman–Crippen LogP) is 4.41. The summed E-state index contributed by atoms with van der Waals surface area (Å²) in [6.45, 7) is 9.27. The lowest BCUT2D eigenvalue weighted by Crippen LogP contribution is -2.64. The average Bonchev–Trinajstić information content (AvgIpc) is 4.09. The molecular weight excluding hydrogens is 807 g/mol. The van der Waals surface area contributed by atoms with Gasteiger partial charge in [0.1, 0.15) is 17.6 Å². The first kappa shape index (κ1) is 44.9. The van der Waals surface area contributed by atoms with E-state index in [4.69, 9.17) is 9.47 Å². The Morgan fingerprint density at radius 3 is 2.40 bits per heavy atom. The Bertz CT molecular complexity index is 2230. The number of nitrogens with one attached hydrogen (secondary N) is 2. The number of aromatic nitrogens is 2. The van der Waals surface area contributed by atoms with Gasteiger partial charge < -0.3 is 19.9 Å². The van der Waals surface area contributed by atoms with Crippen LogP contribution in [0.2, 0.25) is 0 Å². The maximum absolute atomic E-state index is 17.8. The largest absolute Gasteiger partial charge is 0.465 e. The molecule has 3 heterocycles. The number of carboxylic acid groups (broad SMARTS) is 1. The number of carbonyl (C=O) groups is 4. The van der Waals surface area contributed by atoms with Crippen molar-refractivity contribution in [1.29, 1.82) is 0 Å². The first-order chi connectivity index (χ1) is 28.1. The van der Waals surface area contributed by atoms with Crippen LogP contribution in [-0.2, 0) is 35.7 Å². The Kier molecular flexibility index (Phi) is 12.2. The molecule has 0 radical (unpaired) electrons. The summed E-state index contributed by atoms with van der Waals surface area (Å²) in [5.41, 5.74) is -5.16. The van der Waals surface area contributed by atoms with Crippen molar-refractivity contribution in [3.05, 3.63) is 46.8 Å². The lowest BCUT2D eigenvalue weighted by Gasteiger charge is -2.42. The number of hydrogen-bond acceptors (Lipinski definition) is 10. The van der Waals surface area contributed by atoms with E-state index in [9.17, 15) is 32.7 Å². The SMILES string of the molecule is CCC(C)N(C(=O)O)[C@@H]1C(=O)N2[C@@H](C[C@@](C)(Oc3nn(CCOC)c(=O)c4ccccc34)C2(F)F)C(=O)N[C@]2(C(=O)NS(=O)(=O)C3(C)CC3)C[C@H]2/C=C\CC[C@H](C)C[C@H]1C. The highest BCUT2D eigenvalue weighted by Gasteiger charge is 2.71. The summed E-state index contributed by atoms with van der Waals surface area (Å²) in [7, 11) is -2.78. The van der Waals surface area contributed by atoms with Gasteiger partial charge in [-0.3, -0.25) is 33.7 Å². The van der Waals surface area contributed by atoms with Gasteiger partial charge in [0.2, 0.25) is 21.8 Å². The van der Waals surface area contributed by atoms with Crippen LogP contribution in [-0.4, -0.2) is 111 Å². The van der Waals surface area contributed by atoms with E-state index in [-0.39, 0.29) is 54.0 Å². The molecule has 2 aliphatic heterocycles. The van der Waals surface area contributed by atoms with E-state index in [0.717, 1.165) is 16.5 Å². The van der Waals surface area contributed by atoms with Crippen molar-refractivity contribution in [2.75, 3.05) is 13.7 Å². The number of sulfonamides is 1. The molecule has 16 nitrogen and oxygen atoms in total. The molecule has 0 bridgehead atoms. The number of halogens is 2. The van der Waals surface area contributed by atoms with Crippen LogP contribution < -0.4 is 20.3 Å². The van der Waals surface area contributed by atoms with Gasteiger partial charge in [-0.25, -0.2) is 17.9 Å². The maximum Gasteiger partial charge on any atom is 0.408 e. The second-order valence-corrected chi connectivity index (χ2v) is 19.7. The van der Waals surface area contributed by atoms with Crippen molar-refractivity contribution in [3.8, 4) is 5.88 Å². The van der Waals surface area contributed by atoms with E-state index < -0.39 is 104 Å². The number of methoxy groups -OCH3 is 1. The van der Waals surface area contributed by atoms with Crippen molar-refractivity contribution in [3.63, 3.8) is 0 Å². The molecule has 330 valence electrons. The summed E-state index contributed by atoms with van der Waals surface area (Å²) in [6.07, 6.45) is 3.28. The zero-order valence-corrected chi connectivity index (χ0v) is 35.9. The van der Waals surface area contributed by atoms with E-state index in [2.05, 4.69) is 15.1 Å². The van der Waals surface area contributed by atoms with Crippen LogP contribution in [0.15, 0.2) is 41.2 Å². The van der Waals surface area contributed by atoms with Gasteiger partial charge in [0, 0.05) is 25.5 Å². The van der Waals surface area contributed by atoms with Crippen molar-refractivity contribution >= 4 is 44.6 Å². The minimum Gasteiger partial charge on any atom is -0.465 e. The molecule has 2 aliphatic carbocycles. The van der Waals surface area contributed by atoms with Crippen LogP contribution >= 0.6 is 0 Å². The minimum absolute atomic E-state index is 0.0448. The average molecular weight is 863 g/mol. The first-order valence-corrected chi connectivity index (χ1v) is 22.0. The molecule has 0 spiro atoms. The molecule has 60 heavy (non-hydrogen) atoms. The smallest absolute Gasteiger partial charge is 0.408 e. The molecule has 6 rings (SSSR count). The number of carbonyl (C=O) groups excluding carboxylic acids is 3. The molecule has 1 aromatic heterocycles. The van der Waals surface area contributed by atoms with Crippen LogP contribution in [0.5, 0.6) is 5.88 Å². The second-order valence-electron chi connectivity index (χ2n) is 17.5. The van der Waals surface area contributed by atoms with Gasteiger partial charge in [-0.2, -0.15) is 8.78 Å². The van der Waals surface area contributed by atoms with Gasteiger partial charge in [-0.05, 0) is 89.7 Å². The fourth-order valence-corrected chi connectivity index (χ4v) is 9.92. The summed E-state index contributed by atoms with van der Waals surface area (Å²) in [5.74, 6) is -5.61. The highest BCUT2D eigenvalue weighted by Crippen LogP contribution is 2.51. The Labute approximate surface area is 348 Å². The molecule has 3 fully saturated rings. The minimum atomic E-state index is -4.36. The monoisotopic (exact) mass is 862 g/mol. The number of rotatable bonds is 11. The van der Waals surface area contributed by atoms with E-state index in [1.54, 1.807) is 39.0 Å². The highest BCUT2D eigenvalue weighted by molar-refractivity contribution is 7.91. The quantitative estimate of drug-likeness (QED) is 0.213. The zero-order chi connectivity index (χ0) is 44.2. The van der Waals surface area contributed by atoms with E-state index in [0.29, 0.717) is 25.7 Å². The Morgan fingerprint density at radius 2 is 1.78 bits per heavy atom. The first-order valence-electron chi connectivity index (χ1n) is 20.5. The van der Waals surface area contributed by atoms with Crippen molar-refractivity contribution in [2.24, 2.45) is 17.8 Å². The second kappa shape index (κ2) is 16.3. The number of fused-ring (bicyclic) bond motifs is 3. The molecular formula is C41H56F2N6O10S. The number of amides is 4. The Balaban J connectivity index is 1.50. The Morgan fingerprint density at radius 1 is 1.12 bits per heavy atom. The standard InChI is InChI=1S/C41H56F2N6O10S/c1-8-26(4)48(37(54)55)31-25(3)21-24(2)13-9-10-14-27-22-40(27,36(53)46-60(56,57)38(5)17-18-38)44-32(50)30-23-39(6,41(42,43)49(30)35(31)52)59-33-28-15-11-12-16-29(28)34(51)47(45-33)19-20-58-7/h10-12,14-16,24-27,30-31H,8-9,13,17-23H2,1-7H3,(H,44,50)(H,46,53)(H,54,55)/b14-10-/t24-,25+,26?,27+,30-,31-,39+,40+/m0/s1. The molecule has 2 aromatic rings. The number of ether oxygens (including phenoxy) is 2. The van der Waals surface area contributed by atoms with Gasteiger partial charge in [0.15, 0.2) is 5.60 Å². The van der Waals surface area contributed by atoms with Crippen LogP contribution in [0.25, 0.3) is 10.8 Å². The topological polar surface area (TPSA) is 207 Å². The van der Waals surface area contributed by atoms with Crippen LogP contribution in [0.3, 0.4) is 0 Å². The molecule has 4 amide bonds. The third-order valence-electron chi connectivity index (χ3n) is 13.0. The molecule has 3 N–H and O–H groups in total. The molecule has 2 saturated carbocycles. The van der Waals surface area contributed by atoms with E-state index >= 15 is 13.6 Å². The third-order valence-corrected chi connectivity index (χ3v) is 15.1. The van der Waals surface area contributed by atoms with Gasteiger partial charge in [0.25, 0.3) is 17.4 Å². The maximum atomic E-state index is 17.8. The zero-order valence-electron chi connectivity index (χ0n) is 35.1. The molecule has 1 unspecified atom stereocenters. The normalized spacial score (nSPS) is 31.1. The molecule has 1 aromatic carbocycles. The molecule has 8 atom stereocenters. The van der Waals surface area contributed by atoms with E-state index in [1.165, 1.54) is 26.2 Å². The van der Waals surface area contributed by atoms with Crippen molar-refractivity contribution < 1.29 is 51.0 Å². The number of alkyl halides is 2. The summed E-state index contributed by atoms with van der Waals surface area (Å²) < 4.78 is 75.2. The lowest BCUT2D eigenvalue weighted by molar-refractivity contribution is -0.219. The predicted molar refractivity (Wildman–Crippen MR) is 216 cm³/mol. The highest BCUT2D eigenvalue weighted by atomic mass is 32.2. The third kappa shape index (κ3) is 7.98. The number of benzene rings is 1. The van der Waals surface area contributed by atoms with Crippen molar-refractivity contribution in [2.45, 2.75) is 140 Å². The number of hydrogen-bond donors (Lipinski definition) is 3. The van der Waals surface area contributed by atoms with Gasteiger partial charge >= 0.3 is 12.1 Å². The summed E-state index contributed by atoms with van der Waals surface area (Å²) in [5, 5.41) is 17.6. The number of allylic oxidation sites excluding steroid dienone is 1. The lowest BCUT2D eigenvalue weighted by atomic mass is 9.86. The van der Waals surface area contributed by atoms with E-state index in [1.807, 2.05) is 13.0 Å². The van der Waals surface area contributed by atoms with Crippen LogP contribution in [0, 0.1) is 17.8 Å². The van der Waals surface area contributed by atoms with Crippen molar-refractivity contribution in [1.82, 2.24) is 29.6 Å². The summed E-state index contributed by atoms with van der Waals surface area (Å²) >= 11 is 0. The fraction of sp³-hybridized carbons (Fsp3) is 0.659. The van der Waals surface area contributed by atoms with Crippen LogP contribution in [0.4, 0.5) is 13.6 Å². The number of nitrogens with zero attached hydrogens (tertiary/aromatic N) is 4. The Hall–Kier alpha value is -4.65. The fourth-order valence-electron chi connectivity index (χ4n) is 8.61. The molecule has 1 saturated heterocycles.